The molecule has 2 aliphatic rings. The number of carbonyl (C=O) groups is 2. The molecule has 20 nitrogen and oxygen atoms in total. The molecule has 4 heterocycles. The number of esters is 2. The van der Waals surface area contributed by atoms with E-state index in [1.54, 1.807) is 43.5 Å². The molecule has 0 radical (unpaired) electrons. The Morgan fingerprint density at radius 2 is 1.01 bits per heavy atom. The van der Waals surface area contributed by atoms with E-state index in [2.05, 4.69) is 9.97 Å². The van der Waals surface area contributed by atoms with Crippen LogP contribution >= 0.6 is 8.25 Å². The summed E-state index contributed by atoms with van der Waals surface area (Å²) in [6.07, 6.45) is -8.79. The normalized spacial score (nSPS) is 21.4. The van der Waals surface area contributed by atoms with Crippen LogP contribution in [0.25, 0.3) is 0 Å². The molecule has 2 fully saturated rings. The second kappa shape index (κ2) is 24.3. The minimum atomic E-state index is -3.29. The van der Waals surface area contributed by atoms with E-state index in [1.807, 2.05) is 119 Å². The van der Waals surface area contributed by atoms with Crippen molar-refractivity contribution in [2.24, 2.45) is 0 Å². The number of H-pyrrole nitrogens is 2. The van der Waals surface area contributed by atoms with E-state index >= 15 is 0 Å². The van der Waals surface area contributed by atoms with Crippen LogP contribution in [0.4, 0.5) is 0 Å². The predicted molar refractivity (Wildman–Crippen MR) is 294 cm³/mol. The summed E-state index contributed by atoms with van der Waals surface area (Å²) in [5, 5.41) is -0.438. The van der Waals surface area contributed by atoms with Crippen LogP contribution in [0.2, 0.25) is 18.1 Å². The van der Waals surface area contributed by atoms with Crippen molar-refractivity contribution in [2.45, 2.75) is 93.6 Å². The third kappa shape index (κ3) is 12.3. The van der Waals surface area contributed by atoms with E-state index in [0.29, 0.717) is 11.3 Å². The number of aromatic nitrogens is 4. The zero-order valence-electron chi connectivity index (χ0n) is 44.6. The van der Waals surface area contributed by atoms with E-state index in [9.17, 15) is 33.3 Å². The first-order chi connectivity index (χ1) is 38.4. The molecule has 0 bridgehead atoms. The lowest BCUT2D eigenvalue weighted by Crippen LogP contribution is -2.50. The Balaban J connectivity index is 1.10. The smallest absolute Gasteiger partial charge is 0.497 e. The molecule has 2 saturated heterocycles. The quantitative estimate of drug-likeness (QED) is 0.0320. The fraction of sp³-hybridized carbons (Fsp3) is 0.310. The van der Waals surface area contributed by atoms with Crippen molar-refractivity contribution in [3.63, 3.8) is 0 Å². The van der Waals surface area contributed by atoms with Gasteiger partial charge in [-0.3, -0.25) is 28.7 Å². The van der Waals surface area contributed by atoms with E-state index in [-0.39, 0.29) is 17.7 Å². The van der Waals surface area contributed by atoms with Gasteiger partial charge in [-0.25, -0.2) is 19.2 Å². The number of hydrogen-bond donors (Lipinski definition) is 2. The van der Waals surface area contributed by atoms with Crippen molar-refractivity contribution in [1.29, 1.82) is 0 Å². The highest BCUT2D eigenvalue weighted by molar-refractivity contribution is 7.33. The van der Waals surface area contributed by atoms with Crippen molar-refractivity contribution < 1.29 is 56.0 Å². The van der Waals surface area contributed by atoms with Crippen LogP contribution in [0.5, 0.6) is 5.75 Å². The fourth-order valence-electron chi connectivity index (χ4n) is 9.35. The van der Waals surface area contributed by atoms with Gasteiger partial charge in [-0.05, 0) is 71.2 Å². The summed E-state index contributed by atoms with van der Waals surface area (Å²) in [7, 11) is -4.62. The highest BCUT2D eigenvalue weighted by atomic mass is 31.1. The van der Waals surface area contributed by atoms with Gasteiger partial charge in [-0.2, -0.15) is 0 Å². The molecule has 22 heteroatoms. The molecule has 0 saturated carbocycles. The van der Waals surface area contributed by atoms with Crippen LogP contribution in [0.1, 0.15) is 70.6 Å². The lowest BCUT2D eigenvalue weighted by molar-refractivity contribution is -0.0944. The van der Waals surface area contributed by atoms with Crippen molar-refractivity contribution in [1.82, 2.24) is 19.1 Å². The average Bonchev–Trinajstić information content (AvgIpc) is 4.14. The second-order valence-corrected chi connectivity index (χ2v) is 26.2. The molecule has 7 aromatic rings. The van der Waals surface area contributed by atoms with Gasteiger partial charge in [0.05, 0.1) is 24.8 Å². The van der Waals surface area contributed by atoms with Crippen molar-refractivity contribution in [3.05, 3.63) is 240 Å². The molecule has 5 aromatic carbocycles. The fourth-order valence-corrected chi connectivity index (χ4v) is 11.4. The summed E-state index contributed by atoms with van der Waals surface area (Å²) < 4.78 is 74.7. The standard InChI is InChI=1S/C58H59N4O16PSi/c1-57(2,3)80(5,6)78-50-48(43(73-52(50)62-34-32-46(64)60-56(62)68)35-71-58(39-23-15-9-16-24-39,40-25-17-10-18-26-40)41-27-29-42(70-4)30-28-41)77-79(69)72-36-44-47(75-53(65)37-19-11-7-12-20-37)49(76-54(66)38-21-13-8-14-22-38)51(74-44)61-33-31-45(63)59-55(61)67/h7-34,43-44,47-52H,35-36H2,1-6H3,(H-,59,60,63,64,67,68)/p+1/t43-,44-,47-,48-,49-,50-,51-,52-/m1/s1. The molecule has 2 N–H and O–H groups in total. The van der Waals surface area contributed by atoms with Crippen LogP contribution in [-0.2, 0) is 47.3 Å². The monoisotopic (exact) mass is 1130 g/mol. The Hall–Kier alpha value is -7.72. The Bertz CT molecular complexity index is 3480. The molecule has 2 aliphatic heterocycles. The summed E-state index contributed by atoms with van der Waals surface area (Å²) in [5.74, 6) is -1.13. The molecule has 0 aliphatic carbocycles. The maximum absolute atomic E-state index is 14.8. The summed E-state index contributed by atoms with van der Waals surface area (Å²) in [6.45, 7) is 9.03. The van der Waals surface area contributed by atoms with Crippen molar-refractivity contribution in [2.75, 3.05) is 20.3 Å². The maximum atomic E-state index is 14.8. The topological polar surface area (TPSA) is 244 Å². The Labute approximate surface area is 461 Å². The molecule has 1 unspecified atom stereocenters. The van der Waals surface area contributed by atoms with E-state index < -0.39 is 117 Å². The minimum Gasteiger partial charge on any atom is -0.497 e. The van der Waals surface area contributed by atoms with Crippen LogP contribution < -0.4 is 27.2 Å². The van der Waals surface area contributed by atoms with E-state index in [0.717, 1.165) is 28.0 Å². The number of carbonyl (C=O) groups excluding carboxylic acids is 2. The Morgan fingerprint density at radius 3 is 1.48 bits per heavy atom. The van der Waals surface area contributed by atoms with Gasteiger partial charge in [-0.1, -0.05) is 130 Å². The number of benzene rings is 5. The molecule has 9 atom stereocenters. The average molecular weight is 1130 g/mol. The number of rotatable bonds is 20. The third-order valence-electron chi connectivity index (χ3n) is 14.4. The number of hydrogen-bond acceptors (Lipinski definition) is 16. The first-order valence-electron chi connectivity index (χ1n) is 25.7. The summed E-state index contributed by atoms with van der Waals surface area (Å²) in [5.41, 5.74) is -2.08. The van der Waals surface area contributed by atoms with Gasteiger partial charge in [-0.15, -0.1) is 9.05 Å². The molecule has 0 spiro atoms. The summed E-state index contributed by atoms with van der Waals surface area (Å²) >= 11 is 0. The van der Waals surface area contributed by atoms with Gasteiger partial charge < -0.3 is 32.8 Å². The van der Waals surface area contributed by atoms with Crippen LogP contribution in [-0.4, -0.2) is 96.3 Å². The highest BCUT2D eigenvalue weighted by Gasteiger charge is 2.57. The zero-order chi connectivity index (χ0) is 56.8. The van der Waals surface area contributed by atoms with Gasteiger partial charge in [0.25, 0.3) is 11.1 Å². The molecule has 416 valence electrons. The van der Waals surface area contributed by atoms with Crippen molar-refractivity contribution in [3.8, 4) is 5.75 Å². The van der Waals surface area contributed by atoms with Gasteiger partial charge in [0.1, 0.15) is 36.3 Å². The lowest BCUT2D eigenvalue weighted by Gasteiger charge is -2.40. The number of methoxy groups -OCH3 is 1. The molecule has 0 amide bonds. The van der Waals surface area contributed by atoms with E-state index in [4.69, 9.17) is 41.9 Å². The highest BCUT2D eigenvalue weighted by Crippen LogP contribution is 2.47. The Morgan fingerprint density at radius 1 is 0.575 bits per heavy atom. The van der Waals surface area contributed by atoms with Gasteiger partial charge in [0.2, 0.25) is 0 Å². The SMILES string of the molecule is COc1ccc(C(OC[C@H]2O[C@@H](n3ccc(=O)[nH]c3=O)[C@H](O[Si](C)(C)C(C)(C)C)[C@@H]2O[P+](=O)OC[C@H]2O[C@@H](n3ccc(=O)[nH]c3=O)[C@H](OC(=O)c3ccccc3)[C@@H]2OC(=O)c2ccccc2)(c2ccccc2)c2ccccc2)cc1. The maximum Gasteiger partial charge on any atom is 0.697 e. The Kier molecular flexibility index (Phi) is 17.3. The van der Waals surface area contributed by atoms with Crippen molar-refractivity contribution >= 4 is 28.5 Å². The molecule has 9 rings (SSSR count). The largest absolute Gasteiger partial charge is 0.697 e. The minimum absolute atomic E-state index is 0.118. The summed E-state index contributed by atoms with van der Waals surface area (Å²) in [4.78, 5) is 84.2. The predicted octanol–water partition coefficient (Wildman–Crippen LogP) is 7.80. The second-order valence-electron chi connectivity index (χ2n) is 20.5. The number of ether oxygens (including phenoxy) is 6. The number of aromatic amines is 2. The molecule has 80 heavy (non-hydrogen) atoms. The number of nitrogens with zero attached hydrogens (tertiary/aromatic N) is 2. The third-order valence-corrected chi connectivity index (χ3v) is 19.7. The van der Waals surface area contributed by atoms with Gasteiger partial charge in [0, 0.05) is 29.1 Å². The van der Waals surface area contributed by atoms with Gasteiger partial charge >= 0.3 is 31.6 Å². The van der Waals surface area contributed by atoms with Crippen LogP contribution in [0.3, 0.4) is 0 Å². The first kappa shape index (κ1) is 57.0. The molecule has 2 aromatic heterocycles. The first-order valence-corrected chi connectivity index (χ1v) is 29.7. The zero-order valence-corrected chi connectivity index (χ0v) is 46.5. The summed E-state index contributed by atoms with van der Waals surface area (Å²) in [6, 6.07) is 44.6. The van der Waals surface area contributed by atoms with Crippen LogP contribution in [0.15, 0.2) is 189 Å². The van der Waals surface area contributed by atoms with Gasteiger partial charge in [0.15, 0.2) is 39.1 Å². The van der Waals surface area contributed by atoms with Crippen LogP contribution in [0, 0.1) is 0 Å². The molecular formula is C58H60N4O16PSi+. The van der Waals surface area contributed by atoms with E-state index in [1.165, 1.54) is 41.1 Å². The number of nitrogens with one attached hydrogen (secondary N) is 2. The lowest BCUT2D eigenvalue weighted by atomic mass is 9.80. The molecular weight excluding hydrogens is 1070 g/mol.